The van der Waals surface area contributed by atoms with Crippen LogP contribution in [0.3, 0.4) is 0 Å². The SMILES string of the molecule is Cc1cc(Br)cc(C)c1NC(=O)c1ncn[nH]1. The lowest BCUT2D eigenvalue weighted by molar-refractivity contribution is 0.101. The van der Waals surface area contributed by atoms with Crippen molar-refractivity contribution in [3.05, 3.63) is 39.9 Å². The minimum absolute atomic E-state index is 0.201. The maximum atomic E-state index is 11.8. The fourth-order valence-corrected chi connectivity index (χ4v) is 2.28. The van der Waals surface area contributed by atoms with E-state index in [1.807, 2.05) is 26.0 Å². The zero-order chi connectivity index (χ0) is 12.4. The van der Waals surface area contributed by atoms with Gasteiger partial charge in [0.05, 0.1) is 0 Å². The van der Waals surface area contributed by atoms with Crippen molar-refractivity contribution >= 4 is 27.5 Å². The number of aromatic nitrogens is 3. The van der Waals surface area contributed by atoms with Gasteiger partial charge in [0.25, 0.3) is 5.91 Å². The van der Waals surface area contributed by atoms with Gasteiger partial charge in [0, 0.05) is 10.2 Å². The Bertz CT molecular complexity index is 528. The quantitative estimate of drug-likeness (QED) is 0.894. The minimum Gasteiger partial charge on any atom is -0.319 e. The highest BCUT2D eigenvalue weighted by atomic mass is 79.9. The highest BCUT2D eigenvalue weighted by molar-refractivity contribution is 9.10. The molecule has 1 amide bonds. The number of aryl methyl sites for hydroxylation is 2. The summed E-state index contributed by atoms with van der Waals surface area (Å²) in [4.78, 5) is 15.6. The van der Waals surface area contributed by atoms with Crippen LogP contribution >= 0.6 is 15.9 Å². The van der Waals surface area contributed by atoms with Gasteiger partial charge in [-0.05, 0) is 37.1 Å². The average molecular weight is 295 g/mol. The van der Waals surface area contributed by atoms with Crippen molar-refractivity contribution in [3.8, 4) is 0 Å². The smallest absolute Gasteiger partial charge is 0.292 e. The second-order valence-electron chi connectivity index (χ2n) is 3.70. The van der Waals surface area contributed by atoms with E-state index in [9.17, 15) is 4.79 Å². The Morgan fingerprint density at radius 1 is 1.35 bits per heavy atom. The van der Waals surface area contributed by atoms with E-state index in [2.05, 4.69) is 36.4 Å². The van der Waals surface area contributed by atoms with E-state index in [0.29, 0.717) is 0 Å². The Morgan fingerprint density at radius 2 is 2.00 bits per heavy atom. The van der Waals surface area contributed by atoms with Crippen LogP contribution in [0.4, 0.5) is 5.69 Å². The number of hydrogen-bond donors (Lipinski definition) is 2. The first-order chi connectivity index (χ1) is 8.08. The number of carbonyl (C=O) groups is 1. The first kappa shape index (κ1) is 11.8. The first-order valence-corrected chi connectivity index (χ1v) is 5.80. The van der Waals surface area contributed by atoms with Gasteiger partial charge in [-0.15, -0.1) is 0 Å². The van der Waals surface area contributed by atoms with E-state index < -0.39 is 0 Å². The summed E-state index contributed by atoms with van der Waals surface area (Å²) in [6, 6.07) is 3.89. The maximum absolute atomic E-state index is 11.8. The molecule has 88 valence electrons. The van der Waals surface area contributed by atoms with E-state index in [4.69, 9.17) is 0 Å². The monoisotopic (exact) mass is 294 g/mol. The number of rotatable bonds is 2. The third kappa shape index (κ3) is 2.52. The molecular weight excluding hydrogens is 284 g/mol. The van der Waals surface area contributed by atoms with E-state index in [1.54, 1.807) is 0 Å². The van der Waals surface area contributed by atoms with Crippen molar-refractivity contribution in [1.29, 1.82) is 0 Å². The number of hydrogen-bond acceptors (Lipinski definition) is 3. The number of H-pyrrole nitrogens is 1. The summed E-state index contributed by atoms with van der Waals surface area (Å²) in [6.45, 7) is 3.88. The molecule has 0 atom stereocenters. The Hall–Kier alpha value is -1.69. The van der Waals surface area contributed by atoms with Gasteiger partial charge >= 0.3 is 0 Å². The van der Waals surface area contributed by atoms with Crippen LogP contribution in [-0.4, -0.2) is 21.1 Å². The Morgan fingerprint density at radius 3 is 2.53 bits per heavy atom. The average Bonchev–Trinajstić information content (AvgIpc) is 2.76. The van der Waals surface area contributed by atoms with Crippen LogP contribution in [0.15, 0.2) is 22.9 Å². The number of anilines is 1. The third-order valence-electron chi connectivity index (χ3n) is 2.37. The lowest BCUT2D eigenvalue weighted by atomic mass is 10.1. The molecule has 6 heteroatoms. The lowest BCUT2D eigenvalue weighted by Gasteiger charge is -2.11. The molecule has 1 aromatic carbocycles. The molecule has 0 unspecified atom stereocenters. The van der Waals surface area contributed by atoms with Crippen molar-refractivity contribution in [2.45, 2.75) is 13.8 Å². The molecule has 0 aliphatic carbocycles. The number of amides is 1. The summed E-state index contributed by atoms with van der Waals surface area (Å²) < 4.78 is 0.991. The molecule has 0 fully saturated rings. The molecule has 5 nitrogen and oxygen atoms in total. The highest BCUT2D eigenvalue weighted by Gasteiger charge is 2.12. The van der Waals surface area contributed by atoms with Gasteiger partial charge in [0.2, 0.25) is 5.82 Å². The predicted octanol–water partition coefficient (Wildman–Crippen LogP) is 2.44. The molecule has 0 radical (unpaired) electrons. The second-order valence-corrected chi connectivity index (χ2v) is 4.62. The largest absolute Gasteiger partial charge is 0.319 e. The number of carbonyl (C=O) groups excluding carboxylic acids is 1. The molecule has 2 N–H and O–H groups in total. The normalized spacial score (nSPS) is 10.3. The number of nitrogens with zero attached hydrogens (tertiary/aromatic N) is 2. The zero-order valence-corrected chi connectivity index (χ0v) is 11.0. The Balaban J connectivity index is 2.28. The van der Waals surface area contributed by atoms with Crippen LogP contribution in [0, 0.1) is 13.8 Å². The maximum Gasteiger partial charge on any atom is 0.292 e. The highest BCUT2D eigenvalue weighted by Crippen LogP contribution is 2.25. The molecule has 0 bridgehead atoms. The number of aromatic amines is 1. The fraction of sp³-hybridized carbons (Fsp3) is 0.182. The summed E-state index contributed by atoms with van der Waals surface area (Å²) in [7, 11) is 0. The van der Waals surface area contributed by atoms with Gasteiger partial charge in [-0.2, -0.15) is 5.10 Å². The van der Waals surface area contributed by atoms with E-state index >= 15 is 0 Å². The van der Waals surface area contributed by atoms with Gasteiger partial charge in [0.15, 0.2) is 0 Å². The van der Waals surface area contributed by atoms with E-state index in [-0.39, 0.29) is 11.7 Å². The van der Waals surface area contributed by atoms with Crippen LogP contribution in [0.5, 0.6) is 0 Å². The molecule has 2 aromatic rings. The standard InChI is InChI=1S/C11H11BrN4O/c1-6-3-8(12)4-7(2)9(6)15-11(17)10-13-5-14-16-10/h3-5H,1-2H3,(H,15,17)(H,13,14,16). The van der Waals surface area contributed by atoms with Crippen LogP contribution in [0.25, 0.3) is 0 Å². The van der Waals surface area contributed by atoms with Crippen molar-refractivity contribution in [1.82, 2.24) is 15.2 Å². The lowest BCUT2D eigenvalue weighted by Crippen LogP contribution is -2.15. The van der Waals surface area contributed by atoms with Gasteiger partial charge in [-0.1, -0.05) is 15.9 Å². The van der Waals surface area contributed by atoms with Gasteiger partial charge < -0.3 is 5.32 Å². The van der Waals surface area contributed by atoms with E-state index in [1.165, 1.54) is 6.33 Å². The topological polar surface area (TPSA) is 70.7 Å². The Labute approximate surface area is 107 Å². The second kappa shape index (κ2) is 4.67. The fourth-order valence-electron chi connectivity index (χ4n) is 1.60. The summed E-state index contributed by atoms with van der Waals surface area (Å²) in [6.07, 6.45) is 1.30. The molecule has 0 aliphatic rings. The predicted molar refractivity (Wildman–Crippen MR) is 68.0 cm³/mol. The van der Waals surface area contributed by atoms with Gasteiger partial charge in [-0.25, -0.2) is 4.98 Å². The number of benzene rings is 1. The summed E-state index contributed by atoms with van der Waals surface area (Å²) in [5.74, 6) is -0.0947. The van der Waals surface area contributed by atoms with Gasteiger partial charge in [0.1, 0.15) is 6.33 Å². The Kier molecular flexibility index (Phi) is 3.23. The summed E-state index contributed by atoms with van der Waals surface area (Å²) >= 11 is 3.41. The molecule has 2 rings (SSSR count). The third-order valence-corrected chi connectivity index (χ3v) is 2.82. The van der Waals surface area contributed by atoms with Gasteiger partial charge in [-0.3, -0.25) is 9.89 Å². The van der Waals surface area contributed by atoms with Crippen LogP contribution in [-0.2, 0) is 0 Å². The summed E-state index contributed by atoms with van der Waals surface area (Å²) in [5.41, 5.74) is 2.78. The van der Waals surface area contributed by atoms with Crippen molar-refractivity contribution in [3.63, 3.8) is 0 Å². The van der Waals surface area contributed by atoms with Crippen molar-refractivity contribution < 1.29 is 4.79 Å². The molecule has 1 heterocycles. The molecule has 0 spiro atoms. The van der Waals surface area contributed by atoms with Crippen LogP contribution < -0.4 is 5.32 Å². The molecular formula is C11H11BrN4O. The number of halogens is 1. The van der Waals surface area contributed by atoms with Crippen LogP contribution in [0.2, 0.25) is 0 Å². The van der Waals surface area contributed by atoms with Crippen LogP contribution in [0.1, 0.15) is 21.7 Å². The molecule has 0 aliphatic heterocycles. The summed E-state index contributed by atoms with van der Waals surface area (Å²) in [5, 5.41) is 8.98. The molecule has 0 saturated carbocycles. The first-order valence-electron chi connectivity index (χ1n) is 5.01. The van der Waals surface area contributed by atoms with E-state index in [0.717, 1.165) is 21.3 Å². The molecule has 0 saturated heterocycles. The zero-order valence-electron chi connectivity index (χ0n) is 9.41. The van der Waals surface area contributed by atoms with Crippen molar-refractivity contribution in [2.24, 2.45) is 0 Å². The molecule has 17 heavy (non-hydrogen) atoms. The minimum atomic E-state index is -0.295. The number of nitrogens with one attached hydrogen (secondary N) is 2. The molecule has 1 aromatic heterocycles. The van der Waals surface area contributed by atoms with Crippen molar-refractivity contribution in [2.75, 3.05) is 5.32 Å².